The number of anilines is 1. The van der Waals surface area contributed by atoms with Gasteiger partial charge in [0.2, 0.25) is 5.79 Å². The zero-order valence-corrected chi connectivity index (χ0v) is 23.8. The molecule has 1 spiro atoms. The number of pyridine rings is 1. The number of allylic oxidation sites excluding steroid dienone is 1. The Morgan fingerprint density at radius 2 is 1.95 bits per heavy atom. The molecule has 6 nitrogen and oxygen atoms in total. The highest BCUT2D eigenvalue weighted by atomic mass is 35.5. The second-order valence-electron chi connectivity index (χ2n) is 12.7. The van der Waals surface area contributed by atoms with Crippen LogP contribution in [0.1, 0.15) is 72.1 Å². The fraction of sp³-hybridized carbons (Fsp3) is 0.645. The molecule has 7 heteroatoms. The standard InChI is InChI=1S/C31H42ClN3O3/c1-20(2)21-8-10-30(3)29(16-21)36-31(38-37-30)18-22-14-25(15-23(22)19-31)33-11-4-5-12-34-27-9-13-35-28-17-24(32)6-7-26(27)28/h6-7,9,13,16-17,20,22-23,25,29,33H,4-5,8,10-12,14-15,18-19H2,1-3H3,(H,34,35)/p+1. The van der Waals surface area contributed by atoms with Crippen LogP contribution in [0.5, 0.6) is 0 Å². The van der Waals surface area contributed by atoms with Crippen molar-refractivity contribution < 1.29 is 19.8 Å². The number of rotatable bonds is 8. The van der Waals surface area contributed by atoms with Crippen molar-refractivity contribution in [1.82, 2.24) is 4.98 Å². The summed E-state index contributed by atoms with van der Waals surface area (Å²) in [6.45, 7) is 8.84. The first-order valence-corrected chi connectivity index (χ1v) is 15.1. The molecular weight excluding hydrogens is 498 g/mol. The summed E-state index contributed by atoms with van der Waals surface area (Å²) in [5, 5.41) is 8.03. The maximum absolute atomic E-state index is 6.74. The van der Waals surface area contributed by atoms with Gasteiger partial charge in [0, 0.05) is 54.5 Å². The Kier molecular flexibility index (Phi) is 7.47. The molecule has 2 heterocycles. The van der Waals surface area contributed by atoms with Gasteiger partial charge in [-0.1, -0.05) is 37.1 Å². The second kappa shape index (κ2) is 10.7. The normalized spacial score (nSPS) is 34.5. The Labute approximate surface area is 231 Å². The number of hydrogen-bond donors (Lipinski definition) is 2. The molecule has 1 aromatic heterocycles. The highest BCUT2D eigenvalue weighted by Gasteiger charge is 2.59. The lowest BCUT2D eigenvalue weighted by molar-refractivity contribution is -0.689. The predicted octanol–water partition coefficient (Wildman–Crippen LogP) is 6.01. The van der Waals surface area contributed by atoms with Gasteiger partial charge in [-0.3, -0.25) is 4.98 Å². The van der Waals surface area contributed by atoms with Crippen LogP contribution in [0.4, 0.5) is 5.69 Å². The average Bonchev–Trinajstić information content (AvgIpc) is 3.41. The minimum absolute atomic E-state index is 0.000124. The fourth-order valence-electron chi connectivity index (χ4n) is 7.26. The highest BCUT2D eigenvalue weighted by molar-refractivity contribution is 6.31. The first-order valence-electron chi connectivity index (χ1n) is 14.7. The number of hydrogen-bond acceptors (Lipinski definition) is 5. The minimum atomic E-state index is -0.547. The third-order valence-electron chi connectivity index (χ3n) is 9.52. The number of aromatic nitrogens is 1. The zero-order chi connectivity index (χ0) is 26.3. The van der Waals surface area contributed by atoms with E-state index < -0.39 is 5.79 Å². The topological polar surface area (TPSA) is 69.2 Å². The van der Waals surface area contributed by atoms with Crippen LogP contribution >= 0.6 is 11.6 Å². The molecule has 0 bridgehead atoms. The van der Waals surface area contributed by atoms with Crippen LogP contribution in [-0.2, 0) is 14.5 Å². The molecular formula is C31H43ClN3O3+. The van der Waals surface area contributed by atoms with E-state index in [1.165, 1.54) is 31.4 Å². The van der Waals surface area contributed by atoms with E-state index in [0.717, 1.165) is 66.3 Å². The molecule has 1 aliphatic heterocycles. The van der Waals surface area contributed by atoms with Crippen molar-refractivity contribution in [2.75, 3.05) is 18.4 Å². The van der Waals surface area contributed by atoms with E-state index >= 15 is 0 Å². The van der Waals surface area contributed by atoms with E-state index in [1.807, 2.05) is 30.5 Å². The van der Waals surface area contributed by atoms with Gasteiger partial charge in [0.1, 0.15) is 11.7 Å². The maximum atomic E-state index is 6.74. The zero-order valence-electron chi connectivity index (χ0n) is 23.0. The molecule has 0 radical (unpaired) electrons. The lowest BCUT2D eigenvalue weighted by atomic mass is 9.80. The number of nitrogens with two attached hydrogens (primary N) is 1. The molecule has 4 atom stereocenters. The van der Waals surface area contributed by atoms with Crippen LogP contribution in [0.2, 0.25) is 5.02 Å². The molecule has 3 N–H and O–H groups in total. The molecule has 6 rings (SSSR count). The van der Waals surface area contributed by atoms with E-state index in [-0.39, 0.29) is 11.7 Å². The van der Waals surface area contributed by atoms with Gasteiger partial charge in [-0.25, -0.2) is 9.78 Å². The summed E-state index contributed by atoms with van der Waals surface area (Å²) >= 11 is 6.12. The van der Waals surface area contributed by atoms with Crippen molar-refractivity contribution in [1.29, 1.82) is 0 Å². The Morgan fingerprint density at radius 1 is 1.13 bits per heavy atom. The summed E-state index contributed by atoms with van der Waals surface area (Å²) < 4.78 is 6.74. The third-order valence-corrected chi connectivity index (χ3v) is 9.75. The molecule has 1 saturated heterocycles. The van der Waals surface area contributed by atoms with Gasteiger partial charge >= 0.3 is 0 Å². The van der Waals surface area contributed by atoms with Crippen LogP contribution in [0.3, 0.4) is 0 Å². The Hall–Kier alpha value is -1.70. The number of benzene rings is 1. The average molecular weight is 541 g/mol. The molecule has 3 aliphatic carbocycles. The lowest BCUT2D eigenvalue weighted by Gasteiger charge is -2.48. The minimum Gasteiger partial charge on any atom is -0.384 e. The van der Waals surface area contributed by atoms with Gasteiger partial charge in [0.25, 0.3) is 0 Å². The number of quaternary nitrogens is 1. The van der Waals surface area contributed by atoms with Crippen molar-refractivity contribution in [3.8, 4) is 0 Å². The van der Waals surface area contributed by atoms with Crippen molar-refractivity contribution in [3.63, 3.8) is 0 Å². The number of nitrogens with one attached hydrogen (secondary N) is 1. The molecule has 3 fully saturated rings. The summed E-state index contributed by atoms with van der Waals surface area (Å²) in [7, 11) is 0. The van der Waals surface area contributed by atoms with Crippen molar-refractivity contribution in [3.05, 3.63) is 47.1 Å². The maximum Gasteiger partial charge on any atom is 0.202 e. The van der Waals surface area contributed by atoms with Gasteiger partial charge in [0.05, 0.1) is 18.1 Å². The van der Waals surface area contributed by atoms with Gasteiger partial charge in [-0.05, 0) is 74.6 Å². The summed E-state index contributed by atoms with van der Waals surface area (Å²) in [6, 6.07) is 8.66. The number of fused-ring (bicyclic) bond motifs is 3. The first kappa shape index (κ1) is 26.5. The quantitative estimate of drug-likeness (QED) is 0.244. The lowest BCUT2D eigenvalue weighted by Crippen LogP contribution is -2.89. The second-order valence-corrected chi connectivity index (χ2v) is 13.1. The largest absolute Gasteiger partial charge is 0.384 e. The molecule has 206 valence electrons. The van der Waals surface area contributed by atoms with Gasteiger partial charge in [-0.15, -0.1) is 0 Å². The number of ether oxygens (including phenoxy) is 1. The van der Waals surface area contributed by atoms with E-state index in [9.17, 15) is 0 Å². The molecule has 2 aromatic rings. The van der Waals surface area contributed by atoms with Gasteiger partial charge in [0.15, 0.2) is 0 Å². The molecule has 4 aliphatic rings. The van der Waals surface area contributed by atoms with Crippen molar-refractivity contribution in [2.24, 2.45) is 17.8 Å². The van der Waals surface area contributed by atoms with Crippen LogP contribution in [0.15, 0.2) is 42.1 Å². The van der Waals surface area contributed by atoms with Crippen LogP contribution in [0.25, 0.3) is 10.9 Å². The fourth-order valence-corrected chi connectivity index (χ4v) is 7.43. The molecule has 1 aromatic carbocycles. The van der Waals surface area contributed by atoms with E-state index in [2.05, 4.69) is 42.5 Å². The Morgan fingerprint density at radius 3 is 2.74 bits per heavy atom. The van der Waals surface area contributed by atoms with Gasteiger partial charge < -0.3 is 15.4 Å². The van der Waals surface area contributed by atoms with Crippen molar-refractivity contribution >= 4 is 28.2 Å². The van der Waals surface area contributed by atoms with E-state index in [0.29, 0.717) is 17.8 Å². The Bertz CT molecular complexity index is 1170. The monoisotopic (exact) mass is 540 g/mol. The van der Waals surface area contributed by atoms with E-state index in [1.54, 1.807) is 0 Å². The predicted molar refractivity (Wildman–Crippen MR) is 151 cm³/mol. The molecule has 38 heavy (non-hydrogen) atoms. The summed E-state index contributed by atoms with van der Waals surface area (Å²) in [4.78, 5) is 16.6. The number of halogens is 1. The smallest absolute Gasteiger partial charge is 0.202 e. The number of nitrogens with zero attached hydrogens (tertiary/aromatic N) is 1. The molecule has 0 amide bonds. The first-order chi connectivity index (χ1) is 18.3. The van der Waals surface area contributed by atoms with Crippen LogP contribution in [0, 0.1) is 17.8 Å². The number of unbranched alkanes of at least 4 members (excludes halogenated alkanes) is 1. The van der Waals surface area contributed by atoms with Crippen molar-refractivity contribution in [2.45, 2.75) is 95.7 Å². The third kappa shape index (κ3) is 5.35. The molecule has 2 saturated carbocycles. The summed E-state index contributed by atoms with van der Waals surface area (Å²) in [5.74, 6) is 1.37. The van der Waals surface area contributed by atoms with E-state index in [4.69, 9.17) is 26.1 Å². The SMILES string of the molecule is CC(C)C1=CC2OC3(CC4CC([NH2+]CCCCNc5ccnc6cc(Cl)ccc56)CC4C3)OOC2(C)CC1. The van der Waals surface area contributed by atoms with Crippen LogP contribution < -0.4 is 10.6 Å². The summed E-state index contributed by atoms with van der Waals surface area (Å²) in [6.07, 6.45) is 13.0. The van der Waals surface area contributed by atoms with Crippen LogP contribution in [-0.4, -0.2) is 41.6 Å². The molecule has 4 unspecified atom stereocenters. The highest BCUT2D eigenvalue weighted by Crippen LogP contribution is 2.54. The van der Waals surface area contributed by atoms with Gasteiger partial charge in [-0.2, -0.15) is 0 Å². The Balaban J connectivity index is 0.933. The summed E-state index contributed by atoms with van der Waals surface area (Å²) in [5.41, 5.74) is 3.21.